The fourth-order valence-corrected chi connectivity index (χ4v) is 3.87. The molecular weight excluding hydrogens is 375 g/mol. The van der Waals surface area contributed by atoms with E-state index in [1.54, 1.807) is 18.3 Å². The number of carbonyl (C=O) groups excluding carboxylic acids is 1. The number of anilines is 1. The summed E-state index contributed by atoms with van der Waals surface area (Å²) in [4.78, 5) is 18.6. The molecule has 3 N–H and O–H groups in total. The quantitative estimate of drug-likeness (QED) is 0.819. The highest BCUT2D eigenvalue weighted by atomic mass is 35.5. The van der Waals surface area contributed by atoms with Crippen LogP contribution in [0.2, 0.25) is 10.0 Å². The number of pyridine rings is 1. The highest BCUT2D eigenvalue weighted by molar-refractivity contribution is 6.36. The number of piperazine rings is 1. The second-order valence-electron chi connectivity index (χ2n) is 6.39. The number of carbonyl (C=O) groups is 1. The van der Waals surface area contributed by atoms with Gasteiger partial charge in [-0.15, -0.1) is 0 Å². The third kappa shape index (κ3) is 3.09. The van der Waals surface area contributed by atoms with Gasteiger partial charge in [-0.25, -0.2) is 4.98 Å². The summed E-state index contributed by atoms with van der Waals surface area (Å²) in [5.74, 6) is 0.879. The Morgan fingerprint density at radius 3 is 2.81 bits per heavy atom. The van der Waals surface area contributed by atoms with E-state index in [0.717, 1.165) is 24.2 Å². The number of nitrogens with one attached hydrogen (secondary N) is 1. The molecule has 6 nitrogen and oxygen atoms in total. The maximum atomic E-state index is 12.8. The van der Waals surface area contributed by atoms with Crippen LogP contribution < -0.4 is 15.8 Å². The van der Waals surface area contributed by atoms with E-state index in [4.69, 9.17) is 33.7 Å². The van der Waals surface area contributed by atoms with Crippen molar-refractivity contribution in [3.8, 4) is 16.9 Å². The number of fused-ring (bicyclic) bond motifs is 1. The van der Waals surface area contributed by atoms with E-state index in [0.29, 0.717) is 40.9 Å². The number of rotatable bonds is 2. The topological polar surface area (TPSA) is 80.5 Å². The van der Waals surface area contributed by atoms with Gasteiger partial charge < -0.3 is 20.7 Å². The van der Waals surface area contributed by atoms with Crippen molar-refractivity contribution in [2.45, 2.75) is 12.5 Å². The maximum absolute atomic E-state index is 12.8. The second-order valence-corrected chi connectivity index (χ2v) is 7.20. The molecule has 2 aliphatic heterocycles. The van der Waals surface area contributed by atoms with Crippen molar-refractivity contribution in [2.75, 3.05) is 31.9 Å². The zero-order chi connectivity index (χ0) is 18.3. The van der Waals surface area contributed by atoms with Gasteiger partial charge in [0.05, 0.1) is 5.02 Å². The Balaban J connectivity index is 1.68. The minimum Gasteiger partial charge on any atom is -0.479 e. The monoisotopic (exact) mass is 392 g/mol. The molecule has 4 rings (SSSR count). The molecule has 8 heteroatoms. The first-order chi connectivity index (χ1) is 12.5. The van der Waals surface area contributed by atoms with Crippen LogP contribution in [0, 0.1) is 0 Å². The molecule has 0 radical (unpaired) electrons. The summed E-state index contributed by atoms with van der Waals surface area (Å²) in [6.45, 7) is 2.98. The fraction of sp³-hybridized carbons (Fsp3) is 0.333. The first-order valence-corrected chi connectivity index (χ1v) is 9.19. The maximum Gasteiger partial charge on any atom is 0.264 e. The molecule has 3 heterocycles. The number of halogens is 2. The molecule has 2 aromatic rings. The van der Waals surface area contributed by atoms with E-state index in [1.165, 1.54) is 0 Å². The van der Waals surface area contributed by atoms with Gasteiger partial charge in [0, 0.05) is 60.5 Å². The van der Waals surface area contributed by atoms with Crippen molar-refractivity contribution in [3.05, 3.63) is 40.0 Å². The predicted octanol–water partition coefficient (Wildman–Crippen LogP) is 2.37. The van der Waals surface area contributed by atoms with Crippen molar-refractivity contribution in [1.82, 2.24) is 15.2 Å². The molecule has 1 aromatic carbocycles. The van der Waals surface area contributed by atoms with Gasteiger partial charge in [0.25, 0.3) is 5.91 Å². The lowest BCUT2D eigenvalue weighted by atomic mass is 10.0. The molecule has 136 valence electrons. The Labute approximate surface area is 161 Å². The lowest BCUT2D eigenvalue weighted by Gasteiger charge is -2.29. The van der Waals surface area contributed by atoms with Crippen LogP contribution >= 0.6 is 23.2 Å². The zero-order valence-corrected chi connectivity index (χ0v) is 15.5. The highest BCUT2D eigenvalue weighted by Crippen LogP contribution is 2.44. The summed E-state index contributed by atoms with van der Waals surface area (Å²) in [5.41, 5.74) is 8.14. The van der Waals surface area contributed by atoms with Crippen molar-refractivity contribution < 1.29 is 9.53 Å². The summed E-state index contributed by atoms with van der Waals surface area (Å²) in [6.07, 6.45) is 1.53. The van der Waals surface area contributed by atoms with E-state index < -0.39 is 6.10 Å². The van der Waals surface area contributed by atoms with Gasteiger partial charge >= 0.3 is 0 Å². The lowest BCUT2D eigenvalue weighted by molar-refractivity contribution is -0.138. The van der Waals surface area contributed by atoms with Gasteiger partial charge in [-0.05, 0) is 18.2 Å². The first-order valence-electron chi connectivity index (χ1n) is 8.43. The molecule has 1 aromatic heterocycles. The van der Waals surface area contributed by atoms with Crippen LogP contribution in [0.25, 0.3) is 11.1 Å². The number of benzene rings is 1. The van der Waals surface area contributed by atoms with Gasteiger partial charge in [-0.1, -0.05) is 23.2 Å². The third-order valence-electron chi connectivity index (χ3n) is 4.71. The van der Waals surface area contributed by atoms with E-state index in [2.05, 4.69) is 10.3 Å². The number of ether oxygens (including phenoxy) is 1. The Morgan fingerprint density at radius 1 is 1.27 bits per heavy atom. The van der Waals surface area contributed by atoms with Crippen molar-refractivity contribution in [3.63, 3.8) is 0 Å². The molecule has 1 unspecified atom stereocenters. The van der Waals surface area contributed by atoms with E-state index in [9.17, 15) is 4.79 Å². The molecule has 0 spiro atoms. The fourth-order valence-electron chi connectivity index (χ4n) is 3.42. The van der Waals surface area contributed by atoms with Crippen LogP contribution in [-0.2, 0) is 11.2 Å². The Bertz CT molecular complexity index is 869. The second kappa shape index (κ2) is 6.95. The highest BCUT2D eigenvalue weighted by Gasteiger charge is 2.35. The van der Waals surface area contributed by atoms with Crippen LogP contribution in [0.15, 0.2) is 24.4 Å². The molecular formula is C18H18Cl2N4O2. The smallest absolute Gasteiger partial charge is 0.264 e. The molecule has 26 heavy (non-hydrogen) atoms. The number of nitrogen functional groups attached to an aromatic ring is 1. The number of hydrogen-bond donors (Lipinski definition) is 2. The minimum atomic E-state index is -0.543. The van der Waals surface area contributed by atoms with Crippen molar-refractivity contribution in [1.29, 1.82) is 0 Å². The first kappa shape index (κ1) is 17.4. The molecule has 0 saturated carbocycles. The lowest BCUT2D eigenvalue weighted by Crippen LogP contribution is -2.50. The van der Waals surface area contributed by atoms with Crippen LogP contribution in [-0.4, -0.2) is 48.1 Å². The minimum absolute atomic E-state index is 0.00473. The van der Waals surface area contributed by atoms with Crippen LogP contribution in [0.5, 0.6) is 5.75 Å². The summed E-state index contributed by atoms with van der Waals surface area (Å²) in [7, 11) is 0. The van der Waals surface area contributed by atoms with Gasteiger partial charge in [-0.3, -0.25) is 4.79 Å². The van der Waals surface area contributed by atoms with Gasteiger partial charge in [0.15, 0.2) is 6.10 Å². The van der Waals surface area contributed by atoms with E-state index >= 15 is 0 Å². The standard InChI is InChI=1S/C18H18Cl2N4O2/c19-11-7-10-8-14(18(25)24-5-3-22-4-6-24)26-16(10)13(9-11)12-1-2-23-17(21)15(12)20/h1-2,7,9,14,22H,3-6,8H2,(H2,21,23). The Kier molecular flexibility index (Phi) is 4.65. The molecule has 1 saturated heterocycles. The summed E-state index contributed by atoms with van der Waals surface area (Å²) in [6, 6.07) is 5.38. The van der Waals surface area contributed by atoms with Gasteiger partial charge in [0.2, 0.25) is 0 Å². The Hall–Kier alpha value is -2.02. The molecule has 1 atom stereocenters. The number of nitrogens with zero attached hydrogens (tertiary/aromatic N) is 2. The zero-order valence-electron chi connectivity index (χ0n) is 14.0. The van der Waals surface area contributed by atoms with Crippen LogP contribution in [0.4, 0.5) is 5.82 Å². The largest absolute Gasteiger partial charge is 0.479 e. The number of aromatic nitrogens is 1. The molecule has 0 bridgehead atoms. The van der Waals surface area contributed by atoms with Crippen LogP contribution in [0.1, 0.15) is 5.56 Å². The van der Waals surface area contributed by atoms with Crippen molar-refractivity contribution in [2.24, 2.45) is 0 Å². The normalized spacial score (nSPS) is 19.2. The average Bonchev–Trinajstić information content (AvgIpc) is 3.07. The van der Waals surface area contributed by atoms with Gasteiger partial charge in [0.1, 0.15) is 11.6 Å². The van der Waals surface area contributed by atoms with E-state index in [-0.39, 0.29) is 11.7 Å². The van der Waals surface area contributed by atoms with Crippen LogP contribution in [0.3, 0.4) is 0 Å². The number of amides is 1. The SMILES string of the molecule is Nc1nccc(-c2cc(Cl)cc3c2OC(C(=O)N2CCNCC2)C3)c1Cl. The number of hydrogen-bond acceptors (Lipinski definition) is 5. The van der Waals surface area contributed by atoms with E-state index in [1.807, 2.05) is 11.0 Å². The molecule has 1 amide bonds. The molecule has 1 fully saturated rings. The summed E-state index contributed by atoms with van der Waals surface area (Å²) >= 11 is 12.6. The summed E-state index contributed by atoms with van der Waals surface area (Å²) < 4.78 is 6.07. The summed E-state index contributed by atoms with van der Waals surface area (Å²) in [5, 5.41) is 4.15. The third-order valence-corrected chi connectivity index (χ3v) is 5.32. The average molecular weight is 393 g/mol. The molecule has 0 aliphatic carbocycles. The van der Waals surface area contributed by atoms with Gasteiger partial charge in [-0.2, -0.15) is 0 Å². The number of nitrogens with two attached hydrogens (primary N) is 1. The Morgan fingerprint density at radius 2 is 2.04 bits per heavy atom. The molecule has 2 aliphatic rings. The van der Waals surface area contributed by atoms with Crippen molar-refractivity contribution >= 4 is 34.9 Å². The predicted molar refractivity (Wildman–Crippen MR) is 102 cm³/mol.